The Morgan fingerprint density at radius 2 is 1.90 bits per heavy atom. The maximum absolute atomic E-state index is 14.4. The van der Waals surface area contributed by atoms with E-state index in [1.807, 2.05) is 13.8 Å². The van der Waals surface area contributed by atoms with E-state index in [0.29, 0.717) is 63.8 Å². The number of pyridine rings is 1. The number of aryl methyl sites for hydroxylation is 1. The molecule has 11 heteroatoms. The lowest BCUT2D eigenvalue weighted by molar-refractivity contribution is -0.614. The summed E-state index contributed by atoms with van der Waals surface area (Å²) >= 11 is 0. The summed E-state index contributed by atoms with van der Waals surface area (Å²) < 4.78 is 34.1. The zero-order chi connectivity index (χ0) is 29.3. The fourth-order valence-electron chi connectivity index (χ4n) is 5.14. The van der Waals surface area contributed by atoms with Gasteiger partial charge in [0.2, 0.25) is 11.6 Å². The number of carbonyl (C=O) groups is 2. The van der Waals surface area contributed by atoms with Crippen molar-refractivity contribution in [3.05, 3.63) is 88.8 Å². The third-order valence-corrected chi connectivity index (χ3v) is 7.33. The molecule has 0 radical (unpaired) electrons. The molecule has 0 fully saturated rings. The molecule has 2 amide bonds. The van der Waals surface area contributed by atoms with Gasteiger partial charge in [-0.3, -0.25) is 10.1 Å². The second-order valence-electron chi connectivity index (χ2n) is 10.1. The Balaban J connectivity index is 1.59. The molecule has 2 atom stereocenters. The summed E-state index contributed by atoms with van der Waals surface area (Å²) in [5, 5.41) is 18.9. The Morgan fingerprint density at radius 1 is 1.15 bits per heavy atom. The molecule has 41 heavy (non-hydrogen) atoms. The van der Waals surface area contributed by atoms with Crippen molar-refractivity contribution < 1.29 is 27.8 Å². The monoisotopic (exact) mass is 561 g/mol. The van der Waals surface area contributed by atoms with Crippen LogP contribution in [0.25, 0.3) is 22.4 Å². The number of amides is 2. The van der Waals surface area contributed by atoms with Crippen LogP contribution < -0.4 is 15.4 Å². The van der Waals surface area contributed by atoms with Crippen molar-refractivity contribution in [3.63, 3.8) is 0 Å². The maximum Gasteiger partial charge on any atom is 0.411 e. The second-order valence-corrected chi connectivity index (χ2v) is 10.1. The van der Waals surface area contributed by atoms with Crippen LogP contribution in [-0.2, 0) is 9.53 Å². The molecule has 1 aliphatic heterocycles. The fraction of sp³-hybridized carbons (Fsp3) is 0.267. The van der Waals surface area contributed by atoms with Gasteiger partial charge in [-0.2, -0.15) is 4.73 Å². The lowest BCUT2D eigenvalue weighted by Gasteiger charge is -2.19. The molecular weight excluding hydrogens is 532 g/mol. The number of H-pyrrole nitrogens is 1. The van der Waals surface area contributed by atoms with E-state index < -0.39 is 23.6 Å². The zero-order valence-electron chi connectivity index (χ0n) is 22.8. The molecule has 3 heterocycles. The highest BCUT2D eigenvalue weighted by Gasteiger charge is 2.29. The third-order valence-electron chi connectivity index (χ3n) is 7.33. The standard InChI is InChI=1S/C30H29F2N5O4/c1-16-6-4-7-21(25-13-10-18(15-37(25)40)26-22(31)8-5-9-23(26)32)28-33-17(2)27(36-28)20-12-11-19(34-30(39)41-3)14-24(20)35-29(16)38/h5,8-16,21H,4,6-7H2,1-3H3,(H,33,36)(H,34,39)(H,35,38)/t16-,21-/m0/s1. The van der Waals surface area contributed by atoms with Gasteiger partial charge in [0.05, 0.1) is 29.6 Å². The minimum Gasteiger partial charge on any atom is -0.618 e. The van der Waals surface area contributed by atoms with Gasteiger partial charge in [0.15, 0.2) is 6.20 Å². The van der Waals surface area contributed by atoms with E-state index in [1.165, 1.54) is 25.4 Å². The summed E-state index contributed by atoms with van der Waals surface area (Å²) in [5.41, 5.74) is 3.02. The van der Waals surface area contributed by atoms with Gasteiger partial charge in [-0.15, -0.1) is 0 Å². The topological polar surface area (TPSA) is 123 Å². The van der Waals surface area contributed by atoms with Gasteiger partial charge in [-0.05, 0) is 56.2 Å². The number of imidazole rings is 1. The first kappa shape index (κ1) is 27.8. The summed E-state index contributed by atoms with van der Waals surface area (Å²) in [4.78, 5) is 33.0. The highest BCUT2D eigenvalue weighted by Crippen LogP contribution is 2.36. The van der Waals surface area contributed by atoms with Gasteiger partial charge in [-0.1, -0.05) is 19.4 Å². The molecule has 212 valence electrons. The highest BCUT2D eigenvalue weighted by molar-refractivity contribution is 5.98. The maximum atomic E-state index is 14.4. The van der Waals surface area contributed by atoms with Crippen LogP contribution in [0.3, 0.4) is 0 Å². The summed E-state index contributed by atoms with van der Waals surface area (Å²) in [6.07, 6.45) is 2.18. The predicted molar refractivity (Wildman–Crippen MR) is 149 cm³/mol. The number of hydrogen-bond donors (Lipinski definition) is 3. The van der Waals surface area contributed by atoms with Crippen LogP contribution in [0.2, 0.25) is 0 Å². The average Bonchev–Trinajstić information content (AvgIpc) is 3.31. The first-order valence-corrected chi connectivity index (χ1v) is 13.2. The summed E-state index contributed by atoms with van der Waals surface area (Å²) in [5.74, 6) is -1.97. The van der Waals surface area contributed by atoms with E-state index in [2.05, 4.69) is 20.4 Å². The number of hydrogen-bond acceptors (Lipinski definition) is 5. The molecule has 0 saturated carbocycles. The molecule has 5 rings (SSSR count). The van der Waals surface area contributed by atoms with Crippen LogP contribution in [-0.4, -0.2) is 29.1 Å². The molecule has 2 aromatic carbocycles. The minimum atomic E-state index is -0.758. The van der Waals surface area contributed by atoms with Gasteiger partial charge < -0.3 is 20.2 Å². The van der Waals surface area contributed by atoms with E-state index in [0.717, 1.165) is 12.1 Å². The minimum absolute atomic E-state index is 0.124. The number of aromatic amines is 1. The Hall–Kier alpha value is -4.80. The molecule has 0 spiro atoms. The predicted octanol–water partition coefficient (Wildman–Crippen LogP) is 6.03. The van der Waals surface area contributed by atoms with Crippen LogP contribution >= 0.6 is 0 Å². The number of ether oxygens (including phenoxy) is 1. The molecule has 0 saturated heterocycles. The molecule has 4 aromatic rings. The fourth-order valence-corrected chi connectivity index (χ4v) is 5.14. The average molecular weight is 562 g/mol. The lowest BCUT2D eigenvalue weighted by Crippen LogP contribution is -2.34. The molecule has 2 bridgehead atoms. The van der Waals surface area contributed by atoms with E-state index in [1.54, 1.807) is 24.3 Å². The van der Waals surface area contributed by atoms with Gasteiger partial charge in [0, 0.05) is 28.9 Å². The highest BCUT2D eigenvalue weighted by atomic mass is 19.1. The number of aromatic nitrogens is 3. The van der Waals surface area contributed by atoms with Crippen molar-refractivity contribution in [1.29, 1.82) is 0 Å². The number of benzene rings is 2. The summed E-state index contributed by atoms with van der Waals surface area (Å²) in [7, 11) is 1.26. The number of fused-ring (bicyclic) bond motifs is 4. The number of nitrogens with one attached hydrogen (secondary N) is 3. The molecule has 3 N–H and O–H groups in total. The van der Waals surface area contributed by atoms with Crippen molar-refractivity contribution in [3.8, 4) is 22.4 Å². The van der Waals surface area contributed by atoms with Crippen LogP contribution in [0, 0.1) is 29.7 Å². The van der Waals surface area contributed by atoms with Crippen molar-refractivity contribution in [2.75, 3.05) is 17.7 Å². The van der Waals surface area contributed by atoms with Gasteiger partial charge >= 0.3 is 6.09 Å². The Bertz CT molecular complexity index is 1620. The van der Waals surface area contributed by atoms with E-state index >= 15 is 0 Å². The summed E-state index contributed by atoms with van der Waals surface area (Å²) in [6.45, 7) is 3.67. The van der Waals surface area contributed by atoms with Crippen LogP contribution in [0.4, 0.5) is 25.0 Å². The van der Waals surface area contributed by atoms with Crippen molar-refractivity contribution in [2.45, 2.75) is 39.0 Å². The van der Waals surface area contributed by atoms with Crippen LogP contribution in [0.5, 0.6) is 0 Å². The van der Waals surface area contributed by atoms with Gasteiger partial charge in [0.25, 0.3) is 0 Å². The number of nitrogens with zero attached hydrogens (tertiary/aromatic N) is 2. The van der Waals surface area contributed by atoms with E-state index in [9.17, 15) is 23.6 Å². The van der Waals surface area contributed by atoms with Gasteiger partial charge in [0.1, 0.15) is 23.4 Å². The quantitative estimate of drug-likeness (QED) is 0.208. The molecule has 2 aromatic heterocycles. The lowest BCUT2D eigenvalue weighted by atomic mass is 9.92. The smallest absolute Gasteiger partial charge is 0.411 e. The normalized spacial score (nSPS) is 17.0. The summed E-state index contributed by atoms with van der Waals surface area (Å²) in [6, 6.07) is 11.7. The molecule has 1 aliphatic rings. The first-order valence-electron chi connectivity index (χ1n) is 13.2. The van der Waals surface area contributed by atoms with Crippen molar-refractivity contribution in [2.24, 2.45) is 5.92 Å². The van der Waals surface area contributed by atoms with Crippen molar-refractivity contribution in [1.82, 2.24) is 9.97 Å². The van der Waals surface area contributed by atoms with E-state index in [4.69, 9.17) is 4.98 Å². The largest absolute Gasteiger partial charge is 0.618 e. The van der Waals surface area contributed by atoms with Crippen LogP contribution in [0.1, 0.15) is 49.3 Å². The third kappa shape index (κ3) is 5.60. The van der Waals surface area contributed by atoms with Gasteiger partial charge in [-0.25, -0.2) is 18.6 Å². The molecular formula is C30H29F2N5O4. The molecule has 0 unspecified atom stereocenters. The zero-order valence-corrected chi connectivity index (χ0v) is 22.8. The molecule has 0 aliphatic carbocycles. The second kappa shape index (κ2) is 11.4. The number of anilines is 2. The Morgan fingerprint density at radius 3 is 2.61 bits per heavy atom. The Kier molecular flexibility index (Phi) is 7.69. The number of methoxy groups -OCH3 is 1. The Labute approximate surface area is 235 Å². The number of carbonyl (C=O) groups excluding carboxylic acids is 2. The van der Waals surface area contributed by atoms with E-state index in [-0.39, 0.29) is 23.0 Å². The number of halogens is 2. The first-order chi connectivity index (χ1) is 19.7. The van der Waals surface area contributed by atoms with Crippen molar-refractivity contribution >= 4 is 23.4 Å². The number of rotatable bonds is 3. The van der Waals surface area contributed by atoms with Crippen LogP contribution in [0.15, 0.2) is 54.7 Å². The SMILES string of the molecule is COC(=O)Nc1ccc2c(c1)NC(=O)[C@@H](C)CCC[C@@H](c1ccc(-c3c(F)cccc3F)c[n+]1[O-])c1nc-2c(C)[nH]1. The molecule has 9 nitrogen and oxygen atoms in total.